The van der Waals surface area contributed by atoms with Crippen LogP contribution in [0.4, 0.5) is 0 Å². The van der Waals surface area contributed by atoms with Crippen LogP contribution in [0.5, 0.6) is 0 Å². The van der Waals surface area contributed by atoms with E-state index in [0.29, 0.717) is 10.8 Å². The van der Waals surface area contributed by atoms with Crippen molar-refractivity contribution < 1.29 is 4.74 Å². The molecule has 0 atom stereocenters. The van der Waals surface area contributed by atoms with Gasteiger partial charge in [-0.15, -0.1) is 0 Å². The van der Waals surface area contributed by atoms with Gasteiger partial charge in [0, 0.05) is 6.61 Å². The molecule has 64 valence electrons. The Bertz CT molecular complexity index is 156. The predicted octanol–water partition coefficient (Wildman–Crippen LogP) is 2.60. The fourth-order valence-corrected chi connectivity index (χ4v) is 2.62. The van der Waals surface area contributed by atoms with Gasteiger partial charge in [0.15, 0.2) is 0 Å². The molecular weight excluding hydrogens is 136 g/mol. The van der Waals surface area contributed by atoms with Gasteiger partial charge >= 0.3 is 0 Å². The fraction of sp³-hybridized carbons (Fsp3) is 1.00. The number of ether oxygens (including phenoxy) is 1. The lowest BCUT2D eigenvalue weighted by atomic mass is 9.52. The molecule has 2 rings (SSSR count). The minimum Gasteiger partial charge on any atom is -0.381 e. The summed E-state index contributed by atoms with van der Waals surface area (Å²) >= 11 is 0. The first-order valence-electron chi connectivity index (χ1n) is 4.74. The molecule has 1 spiro atoms. The molecule has 0 N–H and O–H groups in total. The second-order valence-corrected chi connectivity index (χ2v) is 4.82. The van der Waals surface area contributed by atoms with Crippen LogP contribution >= 0.6 is 0 Å². The van der Waals surface area contributed by atoms with Crippen LogP contribution in [0.25, 0.3) is 0 Å². The highest BCUT2D eigenvalue weighted by Gasteiger charge is 2.50. The summed E-state index contributed by atoms with van der Waals surface area (Å²) in [6.45, 7) is 6.72. The molecule has 0 unspecified atom stereocenters. The van der Waals surface area contributed by atoms with E-state index >= 15 is 0 Å². The van der Waals surface area contributed by atoms with Crippen molar-refractivity contribution in [3.63, 3.8) is 0 Å². The van der Waals surface area contributed by atoms with Crippen LogP contribution in [0, 0.1) is 10.8 Å². The maximum Gasteiger partial charge on any atom is 0.0522 e. The molecule has 0 aromatic rings. The lowest BCUT2D eigenvalue weighted by molar-refractivity contribution is -0.133. The summed E-state index contributed by atoms with van der Waals surface area (Å²) in [4.78, 5) is 0. The summed E-state index contributed by atoms with van der Waals surface area (Å²) in [6.07, 6.45) is 5.65. The highest BCUT2D eigenvalue weighted by Crippen LogP contribution is 2.57. The maximum atomic E-state index is 5.52. The van der Waals surface area contributed by atoms with Crippen LogP contribution in [-0.2, 0) is 4.74 Å². The lowest BCUT2D eigenvalue weighted by Crippen LogP contribution is -2.50. The first-order chi connectivity index (χ1) is 5.16. The Balaban J connectivity index is 2.15. The highest BCUT2D eigenvalue weighted by atomic mass is 16.5. The molecule has 2 fully saturated rings. The molecule has 0 amide bonds. The average Bonchev–Trinajstić information content (AvgIpc) is 1.83. The first-order valence-corrected chi connectivity index (χ1v) is 4.74. The van der Waals surface area contributed by atoms with E-state index in [4.69, 9.17) is 4.74 Å². The molecule has 0 radical (unpaired) electrons. The zero-order chi connectivity index (χ0) is 7.95. The predicted molar refractivity (Wildman–Crippen MR) is 45.5 cm³/mol. The molecule has 0 bridgehead atoms. The maximum absolute atomic E-state index is 5.52. The Morgan fingerprint density at radius 1 is 1.09 bits per heavy atom. The number of rotatable bonds is 0. The largest absolute Gasteiger partial charge is 0.381 e. The third-order valence-electron chi connectivity index (χ3n) is 3.93. The van der Waals surface area contributed by atoms with E-state index in [1.165, 1.54) is 25.7 Å². The third kappa shape index (κ3) is 0.936. The Labute approximate surface area is 69.1 Å². The molecule has 11 heavy (non-hydrogen) atoms. The molecule has 1 nitrogen and oxygen atoms in total. The summed E-state index contributed by atoms with van der Waals surface area (Å²) in [5.74, 6) is 0. The minimum absolute atomic E-state index is 0.448. The molecule has 1 saturated heterocycles. The average molecular weight is 154 g/mol. The third-order valence-corrected chi connectivity index (χ3v) is 3.93. The van der Waals surface area contributed by atoms with Crippen LogP contribution in [0.15, 0.2) is 0 Å². The lowest BCUT2D eigenvalue weighted by Gasteiger charge is -2.56. The van der Waals surface area contributed by atoms with E-state index in [2.05, 4.69) is 13.8 Å². The van der Waals surface area contributed by atoms with Gasteiger partial charge in [0.1, 0.15) is 0 Å². The molecule has 1 heterocycles. The van der Waals surface area contributed by atoms with Crippen LogP contribution in [0.2, 0.25) is 0 Å². The summed E-state index contributed by atoms with van der Waals surface area (Å²) in [6, 6.07) is 0. The van der Waals surface area contributed by atoms with Crippen molar-refractivity contribution in [2.24, 2.45) is 10.8 Å². The van der Waals surface area contributed by atoms with Crippen molar-refractivity contribution in [3.05, 3.63) is 0 Å². The van der Waals surface area contributed by atoms with Gasteiger partial charge in [-0.1, -0.05) is 20.3 Å². The van der Waals surface area contributed by atoms with Gasteiger partial charge in [-0.05, 0) is 30.1 Å². The monoisotopic (exact) mass is 154 g/mol. The summed E-state index contributed by atoms with van der Waals surface area (Å²) in [5, 5.41) is 0. The zero-order valence-electron chi connectivity index (χ0n) is 7.65. The second-order valence-electron chi connectivity index (χ2n) is 4.82. The summed E-state index contributed by atoms with van der Waals surface area (Å²) < 4.78 is 5.52. The molecule has 0 aromatic carbocycles. The van der Waals surface area contributed by atoms with Gasteiger partial charge in [0.05, 0.1) is 6.61 Å². The van der Waals surface area contributed by atoms with Gasteiger partial charge in [0.25, 0.3) is 0 Å². The molecule has 1 aliphatic heterocycles. The van der Waals surface area contributed by atoms with Gasteiger partial charge in [-0.2, -0.15) is 0 Å². The van der Waals surface area contributed by atoms with Crippen molar-refractivity contribution in [3.8, 4) is 0 Å². The fourth-order valence-electron chi connectivity index (χ4n) is 2.62. The van der Waals surface area contributed by atoms with Crippen molar-refractivity contribution in [1.82, 2.24) is 0 Å². The first kappa shape index (κ1) is 7.60. The van der Waals surface area contributed by atoms with Gasteiger partial charge in [-0.25, -0.2) is 0 Å². The van der Waals surface area contributed by atoms with Gasteiger partial charge in [0.2, 0.25) is 0 Å². The summed E-state index contributed by atoms with van der Waals surface area (Å²) in [7, 11) is 0. The molecule has 2 aliphatic rings. The van der Waals surface area contributed by atoms with Crippen molar-refractivity contribution in [2.45, 2.75) is 39.5 Å². The van der Waals surface area contributed by atoms with E-state index in [9.17, 15) is 0 Å². The molecule has 0 aromatic heterocycles. The Morgan fingerprint density at radius 3 is 2.18 bits per heavy atom. The van der Waals surface area contributed by atoms with E-state index in [0.717, 1.165) is 13.2 Å². The molecule has 1 heteroatoms. The van der Waals surface area contributed by atoms with Crippen molar-refractivity contribution >= 4 is 0 Å². The second kappa shape index (κ2) is 2.22. The zero-order valence-corrected chi connectivity index (χ0v) is 7.65. The Kier molecular flexibility index (Phi) is 1.54. The molecule has 1 aliphatic carbocycles. The van der Waals surface area contributed by atoms with Crippen molar-refractivity contribution in [2.75, 3.05) is 13.2 Å². The highest BCUT2D eigenvalue weighted by molar-refractivity contribution is 5.00. The van der Waals surface area contributed by atoms with E-state index in [1.54, 1.807) is 0 Å². The van der Waals surface area contributed by atoms with Crippen LogP contribution in [-0.4, -0.2) is 13.2 Å². The summed E-state index contributed by atoms with van der Waals surface area (Å²) in [5.41, 5.74) is 1.12. The normalized spacial score (nSPS) is 33.3. The van der Waals surface area contributed by atoms with Crippen LogP contribution < -0.4 is 0 Å². The van der Waals surface area contributed by atoms with Gasteiger partial charge in [-0.3, -0.25) is 0 Å². The number of hydrogen-bond acceptors (Lipinski definition) is 1. The smallest absolute Gasteiger partial charge is 0.0522 e. The quantitative estimate of drug-likeness (QED) is 0.521. The molecule has 1 saturated carbocycles. The van der Waals surface area contributed by atoms with E-state index in [1.807, 2.05) is 0 Å². The van der Waals surface area contributed by atoms with Gasteiger partial charge < -0.3 is 4.74 Å². The van der Waals surface area contributed by atoms with Crippen LogP contribution in [0.1, 0.15) is 39.5 Å². The van der Waals surface area contributed by atoms with E-state index < -0.39 is 0 Å². The SMILES string of the molecule is CC1(C)COCCC12CCC2. The number of hydrogen-bond donors (Lipinski definition) is 0. The van der Waals surface area contributed by atoms with Crippen LogP contribution in [0.3, 0.4) is 0 Å². The standard InChI is InChI=1S/C10H18O/c1-9(2)8-11-7-6-10(9)4-3-5-10/h3-8H2,1-2H3. The topological polar surface area (TPSA) is 9.23 Å². The van der Waals surface area contributed by atoms with Crippen molar-refractivity contribution in [1.29, 1.82) is 0 Å². The Hall–Kier alpha value is -0.0400. The van der Waals surface area contributed by atoms with E-state index in [-0.39, 0.29) is 0 Å². The minimum atomic E-state index is 0.448. The molecular formula is C10H18O. The Morgan fingerprint density at radius 2 is 1.82 bits per heavy atom.